The largest absolute Gasteiger partial charge is 0.489 e. The van der Waals surface area contributed by atoms with Gasteiger partial charge in [0.1, 0.15) is 0 Å². The summed E-state index contributed by atoms with van der Waals surface area (Å²) < 4.78 is 5.14. The fraction of sp³-hybridized carbons (Fsp3) is 0.667. The number of nitrogens with one attached hydrogen (secondary N) is 1. The Balaban J connectivity index is 2.10. The summed E-state index contributed by atoms with van der Waals surface area (Å²) in [5.41, 5.74) is 5.44. The van der Waals surface area contributed by atoms with Crippen molar-refractivity contribution >= 4 is 5.82 Å². The molecular weight excluding hydrogens is 246 g/mol. The van der Waals surface area contributed by atoms with Crippen LogP contribution < -0.4 is 20.9 Å². The fourth-order valence-electron chi connectivity index (χ4n) is 2.31. The Bertz CT molecular complexity index is 467. The maximum Gasteiger partial charge on any atom is 0.295 e. The van der Waals surface area contributed by atoms with Crippen molar-refractivity contribution in [2.24, 2.45) is 5.73 Å². The highest BCUT2D eigenvalue weighted by molar-refractivity contribution is 5.51. The lowest BCUT2D eigenvalue weighted by Crippen LogP contribution is -2.51. The van der Waals surface area contributed by atoms with Crippen LogP contribution in [0.2, 0.25) is 0 Å². The number of aromatic nitrogens is 2. The van der Waals surface area contributed by atoms with Crippen LogP contribution in [-0.4, -0.2) is 60.7 Å². The minimum absolute atomic E-state index is 0.245. The van der Waals surface area contributed by atoms with Crippen LogP contribution in [0.25, 0.3) is 0 Å². The number of piperazine rings is 1. The zero-order chi connectivity index (χ0) is 13.8. The summed E-state index contributed by atoms with van der Waals surface area (Å²) in [6, 6.07) is 0.385. The van der Waals surface area contributed by atoms with Gasteiger partial charge in [0.05, 0.1) is 13.4 Å². The minimum Gasteiger partial charge on any atom is -0.489 e. The standard InChI is InChI=1S/C12H21N5O2/c1-9(7-13)16-3-5-17(6-4-16)11-10(19-2)12(18)15-8-14-11/h8-9H,3-7,13H2,1-2H3,(H,14,15,18). The summed E-state index contributed by atoms with van der Waals surface area (Å²) in [4.78, 5) is 22.8. The molecule has 1 fully saturated rings. The van der Waals surface area contributed by atoms with Gasteiger partial charge in [-0.05, 0) is 6.92 Å². The van der Waals surface area contributed by atoms with E-state index in [-0.39, 0.29) is 11.3 Å². The van der Waals surface area contributed by atoms with E-state index in [1.807, 2.05) is 0 Å². The molecule has 1 aliphatic heterocycles. The van der Waals surface area contributed by atoms with Gasteiger partial charge in [-0.3, -0.25) is 9.69 Å². The number of hydrogen-bond donors (Lipinski definition) is 2. The third-order valence-electron chi connectivity index (χ3n) is 3.57. The van der Waals surface area contributed by atoms with Crippen LogP contribution in [0, 0.1) is 0 Å². The smallest absolute Gasteiger partial charge is 0.295 e. The summed E-state index contributed by atoms with van der Waals surface area (Å²) in [6.07, 6.45) is 1.41. The lowest BCUT2D eigenvalue weighted by atomic mass is 10.2. The Morgan fingerprint density at radius 1 is 1.47 bits per heavy atom. The summed E-state index contributed by atoms with van der Waals surface area (Å²) in [7, 11) is 1.49. The number of rotatable bonds is 4. The van der Waals surface area contributed by atoms with E-state index in [9.17, 15) is 4.79 Å². The number of H-pyrrole nitrogens is 1. The first kappa shape index (κ1) is 13.8. The predicted molar refractivity (Wildman–Crippen MR) is 73.7 cm³/mol. The Kier molecular flexibility index (Phi) is 4.39. The Labute approximate surface area is 112 Å². The van der Waals surface area contributed by atoms with Gasteiger partial charge >= 0.3 is 0 Å². The van der Waals surface area contributed by atoms with Crippen molar-refractivity contribution in [1.29, 1.82) is 0 Å². The van der Waals surface area contributed by atoms with Crippen molar-refractivity contribution in [3.8, 4) is 5.75 Å². The molecule has 7 nitrogen and oxygen atoms in total. The van der Waals surface area contributed by atoms with Crippen LogP contribution in [0.3, 0.4) is 0 Å². The first-order valence-electron chi connectivity index (χ1n) is 6.48. The van der Waals surface area contributed by atoms with Crippen molar-refractivity contribution in [2.75, 3.05) is 44.7 Å². The van der Waals surface area contributed by atoms with Gasteiger partial charge in [-0.15, -0.1) is 0 Å². The minimum atomic E-state index is -0.245. The van der Waals surface area contributed by atoms with Crippen LogP contribution in [-0.2, 0) is 0 Å². The first-order chi connectivity index (χ1) is 9.17. The molecule has 1 aliphatic rings. The summed E-state index contributed by atoms with van der Waals surface area (Å²) in [5, 5.41) is 0. The molecule has 0 spiro atoms. The number of nitrogens with two attached hydrogens (primary N) is 1. The van der Waals surface area contributed by atoms with Crippen LogP contribution in [0.15, 0.2) is 11.1 Å². The maximum absolute atomic E-state index is 11.7. The molecule has 1 aromatic rings. The van der Waals surface area contributed by atoms with Crippen LogP contribution in [0.1, 0.15) is 6.92 Å². The second kappa shape index (κ2) is 6.03. The quantitative estimate of drug-likeness (QED) is 0.746. The summed E-state index contributed by atoms with van der Waals surface area (Å²) in [6.45, 7) is 6.24. The van der Waals surface area contributed by atoms with Crippen molar-refractivity contribution in [1.82, 2.24) is 14.9 Å². The van der Waals surface area contributed by atoms with Gasteiger partial charge in [0.15, 0.2) is 5.82 Å². The van der Waals surface area contributed by atoms with Gasteiger partial charge in [-0.2, -0.15) is 0 Å². The molecule has 7 heteroatoms. The van der Waals surface area contributed by atoms with Gasteiger partial charge in [-0.25, -0.2) is 4.98 Å². The molecule has 106 valence electrons. The Hall–Kier alpha value is -1.60. The van der Waals surface area contributed by atoms with E-state index in [0.717, 1.165) is 26.2 Å². The van der Waals surface area contributed by atoms with E-state index in [0.29, 0.717) is 18.4 Å². The molecular formula is C12H21N5O2. The van der Waals surface area contributed by atoms with E-state index in [2.05, 4.69) is 26.7 Å². The van der Waals surface area contributed by atoms with Gasteiger partial charge in [0, 0.05) is 38.8 Å². The molecule has 0 radical (unpaired) electrons. The predicted octanol–water partition coefficient (Wildman–Crippen LogP) is -0.752. The Morgan fingerprint density at radius 3 is 2.74 bits per heavy atom. The normalized spacial score (nSPS) is 18.4. The lowest BCUT2D eigenvalue weighted by Gasteiger charge is -2.38. The average molecular weight is 267 g/mol. The van der Waals surface area contributed by atoms with Gasteiger partial charge in [-0.1, -0.05) is 0 Å². The van der Waals surface area contributed by atoms with Gasteiger partial charge in [0.2, 0.25) is 5.75 Å². The van der Waals surface area contributed by atoms with E-state index in [4.69, 9.17) is 10.5 Å². The summed E-state index contributed by atoms with van der Waals surface area (Å²) in [5.74, 6) is 0.897. The molecule has 3 N–H and O–H groups in total. The van der Waals surface area contributed by atoms with Crippen LogP contribution in [0.5, 0.6) is 5.75 Å². The second-order valence-corrected chi connectivity index (χ2v) is 4.70. The highest BCUT2D eigenvalue weighted by Gasteiger charge is 2.24. The van der Waals surface area contributed by atoms with E-state index >= 15 is 0 Å². The maximum atomic E-state index is 11.7. The lowest BCUT2D eigenvalue weighted by molar-refractivity contribution is 0.200. The van der Waals surface area contributed by atoms with E-state index in [1.54, 1.807) is 0 Å². The molecule has 2 heterocycles. The molecule has 1 saturated heterocycles. The number of aromatic amines is 1. The second-order valence-electron chi connectivity index (χ2n) is 4.70. The van der Waals surface area contributed by atoms with Gasteiger partial charge < -0.3 is 20.4 Å². The highest BCUT2D eigenvalue weighted by Crippen LogP contribution is 2.21. The third kappa shape index (κ3) is 2.87. The van der Waals surface area contributed by atoms with Crippen molar-refractivity contribution < 1.29 is 4.74 Å². The van der Waals surface area contributed by atoms with Gasteiger partial charge in [0.25, 0.3) is 5.56 Å². The zero-order valence-corrected chi connectivity index (χ0v) is 11.4. The van der Waals surface area contributed by atoms with Crippen LogP contribution >= 0.6 is 0 Å². The number of nitrogens with zero attached hydrogens (tertiary/aromatic N) is 3. The van der Waals surface area contributed by atoms with Crippen molar-refractivity contribution in [3.05, 3.63) is 16.7 Å². The topological polar surface area (TPSA) is 87.5 Å². The molecule has 0 amide bonds. The summed E-state index contributed by atoms with van der Waals surface area (Å²) >= 11 is 0. The number of ether oxygens (including phenoxy) is 1. The average Bonchev–Trinajstić information content (AvgIpc) is 2.46. The van der Waals surface area contributed by atoms with Crippen molar-refractivity contribution in [2.45, 2.75) is 13.0 Å². The number of methoxy groups -OCH3 is 1. The third-order valence-corrected chi connectivity index (χ3v) is 3.57. The molecule has 1 aromatic heterocycles. The fourth-order valence-corrected chi connectivity index (χ4v) is 2.31. The SMILES string of the molecule is COc1c(N2CCN(C(C)CN)CC2)nc[nH]c1=O. The molecule has 0 saturated carbocycles. The van der Waals surface area contributed by atoms with E-state index < -0.39 is 0 Å². The van der Waals surface area contributed by atoms with Crippen molar-refractivity contribution in [3.63, 3.8) is 0 Å². The monoisotopic (exact) mass is 267 g/mol. The number of hydrogen-bond acceptors (Lipinski definition) is 6. The Morgan fingerprint density at radius 2 is 2.16 bits per heavy atom. The molecule has 1 unspecified atom stereocenters. The molecule has 0 aromatic carbocycles. The van der Waals surface area contributed by atoms with E-state index in [1.165, 1.54) is 13.4 Å². The molecule has 0 aliphatic carbocycles. The van der Waals surface area contributed by atoms with Crippen LogP contribution in [0.4, 0.5) is 5.82 Å². The highest BCUT2D eigenvalue weighted by atomic mass is 16.5. The molecule has 0 bridgehead atoms. The molecule has 2 rings (SSSR count). The molecule has 19 heavy (non-hydrogen) atoms. The zero-order valence-electron chi connectivity index (χ0n) is 11.4. The first-order valence-corrected chi connectivity index (χ1v) is 6.48. The number of anilines is 1. The molecule has 1 atom stereocenters.